The standard InChI is InChI=1S/C8H14N4O2S2/c1-3-12(6-7(9)15)16(13,14)8-4-5-10-11(8)2/h4-5H,3,6H2,1-2H3,(H2,9,15). The van der Waals surface area contributed by atoms with Gasteiger partial charge in [-0.1, -0.05) is 19.1 Å². The average molecular weight is 262 g/mol. The fraction of sp³-hybridized carbons (Fsp3) is 0.500. The van der Waals surface area contributed by atoms with Gasteiger partial charge in [-0.25, -0.2) is 8.42 Å². The van der Waals surface area contributed by atoms with Crippen LogP contribution in [0.4, 0.5) is 0 Å². The topological polar surface area (TPSA) is 81.2 Å². The van der Waals surface area contributed by atoms with Crippen molar-refractivity contribution in [1.82, 2.24) is 14.1 Å². The number of rotatable bonds is 5. The number of aromatic nitrogens is 2. The number of hydrogen-bond donors (Lipinski definition) is 1. The van der Waals surface area contributed by atoms with Gasteiger partial charge in [0.15, 0.2) is 5.03 Å². The lowest BCUT2D eigenvalue weighted by atomic mass is 10.6. The molecule has 1 heterocycles. The molecule has 16 heavy (non-hydrogen) atoms. The minimum absolute atomic E-state index is 0.0410. The van der Waals surface area contributed by atoms with Crippen LogP contribution in [0.3, 0.4) is 0 Å². The summed E-state index contributed by atoms with van der Waals surface area (Å²) in [7, 11) is -2.00. The Bertz CT molecular complexity index is 480. The summed E-state index contributed by atoms with van der Waals surface area (Å²) in [5, 5.41) is 3.96. The summed E-state index contributed by atoms with van der Waals surface area (Å²) in [6, 6.07) is 1.44. The number of nitrogens with two attached hydrogens (primary N) is 1. The van der Waals surface area contributed by atoms with E-state index < -0.39 is 10.0 Å². The van der Waals surface area contributed by atoms with E-state index in [0.29, 0.717) is 6.54 Å². The van der Waals surface area contributed by atoms with Crippen molar-refractivity contribution < 1.29 is 8.42 Å². The number of aryl methyl sites for hydroxylation is 1. The molecule has 1 aromatic heterocycles. The lowest BCUT2D eigenvalue weighted by Gasteiger charge is -2.19. The molecule has 0 saturated heterocycles. The molecule has 0 aliphatic rings. The Kier molecular flexibility index (Phi) is 4.00. The summed E-state index contributed by atoms with van der Waals surface area (Å²) in [5.74, 6) is 0. The maximum atomic E-state index is 12.1. The van der Waals surface area contributed by atoms with Gasteiger partial charge in [-0.15, -0.1) is 0 Å². The molecule has 2 N–H and O–H groups in total. The predicted molar refractivity (Wildman–Crippen MR) is 64.4 cm³/mol. The van der Waals surface area contributed by atoms with Gasteiger partial charge in [-0.3, -0.25) is 4.68 Å². The Labute approximate surface area is 100 Å². The molecule has 0 atom stereocenters. The van der Waals surface area contributed by atoms with Crippen molar-refractivity contribution in [2.45, 2.75) is 11.9 Å². The molecule has 0 aromatic carbocycles. The number of hydrogen-bond acceptors (Lipinski definition) is 4. The highest BCUT2D eigenvalue weighted by Crippen LogP contribution is 2.13. The van der Waals surface area contributed by atoms with Crippen LogP contribution in [0.15, 0.2) is 17.3 Å². The second-order valence-electron chi connectivity index (χ2n) is 3.19. The highest BCUT2D eigenvalue weighted by molar-refractivity contribution is 7.89. The van der Waals surface area contributed by atoms with Crippen molar-refractivity contribution in [2.75, 3.05) is 13.1 Å². The Balaban J connectivity index is 3.09. The van der Waals surface area contributed by atoms with Gasteiger partial charge in [0.05, 0.1) is 17.7 Å². The van der Waals surface area contributed by atoms with E-state index >= 15 is 0 Å². The molecule has 0 radical (unpaired) electrons. The third kappa shape index (κ3) is 2.57. The van der Waals surface area contributed by atoms with Crippen LogP contribution in [0.5, 0.6) is 0 Å². The molecule has 0 bridgehead atoms. The lowest BCUT2D eigenvalue weighted by molar-refractivity contribution is 0.458. The summed E-state index contributed by atoms with van der Waals surface area (Å²) in [6.45, 7) is 2.08. The Morgan fingerprint density at radius 2 is 2.31 bits per heavy atom. The van der Waals surface area contributed by atoms with Gasteiger partial charge in [-0.2, -0.15) is 9.40 Å². The zero-order valence-electron chi connectivity index (χ0n) is 9.12. The highest BCUT2D eigenvalue weighted by atomic mass is 32.2. The van der Waals surface area contributed by atoms with Crippen LogP contribution in [-0.2, 0) is 17.1 Å². The third-order valence-electron chi connectivity index (χ3n) is 2.07. The van der Waals surface area contributed by atoms with Gasteiger partial charge in [-0.05, 0) is 6.07 Å². The molecule has 0 amide bonds. The van der Waals surface area contributed by atoms with Gasteiger partial charge in [0.2, 0.25) is 0 Å². The van der Waals surface area contributed by atoms with Gasteiger partial charge in [0, 0.05) is 13.6 Å². The zero-order chi connectivity index (χ0) is 12.3. The summed E-state index contributed by atoms with van der Waals surface area (Å²) < 4.78 is 26.8. The molecule has 0 spiro atoms. The number of thiocarbonyl (C=S) groups is 1. The third-order valence-corrected chi connectivity index (χ3v) is 4.19. The number of likely N-dealkylation sites (N-methyl/N-ethyl adjacent to an activating group) is 1. The first-order chi connectivity index (χ1) is 7.39. The van der Waals surface area contributed by atoms with Crippen molar-refractivity contribution in [3.63, 3.8) is 0 Å². The van der Waals surface area contributed by atoms with E-state index in [-0.39, 0.29) is 16.6 Å². The minimum Gasteiger partial charge on any atom is -0.392 e. The van der Waals surface area contributed by atoms with Crippen molar-refractivity contribution in [3.8, 4) is 0 Å². The zero-order valence-corrected chi connectivity index (χ0v) is 10.8. The van der Waals surface area contributed by atoms with E-state index in [0.717, 1.165) is 0 Å². The van der Waals surface area contributed by atoms with Crippen molar-refractivity contribution in [2.24, 2.45) is 12.8 Å². The maximum absolute atomic E-state index is 12.1. The molecule has 0 fully saturated rings. The van der Waals surface area contributed by atoms with E-state index in [1.54, 1.807) is 14.0 Å². The minimum atomic E-state index is -3.57. The average Bonchev–Trinajstić information content (AvgIpc) is 2.60. The summed E-state index contributed by atoms with van der Waals surface area (Å²) >= 11 is 4.72. The van der Waals surface area contributed by atoms with Gasteiger partial charge in [0.25, 0.3) is 10.0 Å². The number of sulfonamides is 1. The first-order valence-electron chi connectivity index (χ1n) is 4.66. The van der Waals surface area contributed by atoms with Crippen LogP contribution < -0.4 is 5.73 Å². The number of nitrogens with zero attached hydrogens (tertiary/aromatic N) is 3. The predicted octanol–water partition coefficient (Wildman–Crippen LogP) is -0.283. The molecule has 0 aliphatic heterocycles. The van der Waals surface area contributed by atoms with Crippen LogP contribution in [0, 0.1) is 0 Å². The molecule has 0 saturated carbocycles. The van der Waals surface area contributed by atoms with Gasteiger partial charge < -0.3 is 5.73 Å². The van der Waals surface area contributed by atoms with Crippen LogP contribution in [0.1, 0.15) is 6.92 Å². The van der Waals surface area contributed by atoms with Crippen molar-refractivity contribution >= 4 is 27.2 Å². The molecule has 1 aromatic rings. The van der Waals surface area contributed by atoms with Gasteiger partial charge >= 0.3 is 0 Å². The fourth-order valence-electron chi connectivity index (χ4n) is 1.29. The highest BCUT2D eigenvalue weighted by Gasteiger charge is 2.26. The monoisotopic (exact) mass is 262 g/mol. The summed E-state index contributed by atoms with van der Waals surface area (Å²) in [4.78, 5) is 0.146. The van der Waals surface area contributed by atoms with E-state index in [1.165, 1.54) is 21.3 Å². The van der Waals surface area contributed by atoms with Crippen molar-refractivity contribution in [3.05, 3.63) is 12.3 Å². The largest absolute Gasteiger partial charge is 0.392 e. The normalized spacial score (nSPS) is 11.9. The molecule has 1 rings (SSSR count). The van der Waals surface area contributed by atoms with E-state index in [1.807, 2.05) is 0 Å². The molecule has 0 aliphatic carbocycles. The molecule has 6 nitrogen and oxygen atoms in total. The van der Waals surface area contributed by atoms with Crippen molar-refractivity contribution in [1.29, 1.82) is 0 Å². The van der Waals surface area contributed by atoms with Crippen LogP contribution >= 0.6 is 12.2 Å². The van der Waals surface area contributed by atoms with E-state index in [2.05, 4.69) is 5.10 Å². The second-order valence-corrected chi connectivity index (χ2v) is 5.60. The first kappa shape index (κ1) is 13.1. The maximum Gasteiger partial charge on any atom is 0.260 e. The lowest BCUT2D eigenvalue weighted by Crippen LogP contribution is -2.38. The Hall–Kier alpha value is -0.990. The Morgan fingerprint density at radius 1 is 1.69 bits per heavy atom. The molecule has 8 heteroatoms. The van der Waals surface area contributed by atoms with E-state index in [9.17, 15) is 8.42 Å². The second kappa shape index (κ2) is 4.89. The molecular weight excluding hydrogens is 248 g/mol. The van der Waals surface area contributed by atoms with Crippen LogP contribution in [0.2, 0.25) is 0 Å². The summed E-state index contributed by atoms with van der Waals surface area (Å²) in [5.41, 5.74) is 5.36. The fourth-order valence-corrected chi connectivity index (χ4v) is 3.05. The van der Waals surface area contributed by atoms with Crippen LogP contribution in [-0.4, -0.2) is 40.6 Å². The first-order valence-corrected chi connectivity index (χ1v) is 6.51. The van der Waals surface area contributed by atoms with Crippen LogP contribution in [0.25, 0.3) is 0 Å². The molecule has 90 valence electrons. The van der Waals surface area contributed by atoms with Gasteiger partial charge in [0.1, 0.15) is 0 Å². The molecule has 0 unspecified atom stereocenters. The quantitative estimate of drug-likeness (QED) is 0.738. The smallest absolute Gasteiger partial charge is 0.260 e. The molecular formula is C8H14N4O2S2. The Morgan fingerprint density at radius 3 is 2.69 bits per heavy atom. The van der Waals surface area contributed by atoms with E-state index in [4.69, 9.17) is 18.0 Å². The SMILES string of the molecule is CCN(CC(N)=S)S(=O)(=O)c1ccnn1C. The summed E-state index contributed by atoms with van der Waals surface area (Å²) in [6.07, 6.45) is 1.43.